The largest absolute Gasteiger partial charge is 0.315 e. The van der Waals surface area contributed by atoms with E-state index >= 15 is 0 Å². The fourth-order valence-electron chi connectivity index (χ4n) is 2.24. The topological polar surface area (TPSA) is 24.1 Å². The van der Waals surface area contributed by atoms with Crippen LogP contribution in [-0.2, 0) is 0 Å². The van der Waals surface area contributed by atoms with Crippen molar-refractivity contribution < 1.29 is 0 Å². The van der Waals surface area contributed by atoms with Gasteiger partial charge in [-0.2, -0.15) is 0 Å². The molecule has 0 aromatic heterocycles. The third-order valence-electron chi connectivity index (χ3n) is 3.23. The van der Waals surface area contributed by atoms with Gasteiger partial charge in [0.15, 0.2) is 0 Å². The Bertz CT molecular complexity index is 172. The van der Waals surface area contributed by atoms with Crippen molar-refractivity contribution in [1.82, 2.24) is 10.6 Å². The summed E-state index contributed by atoms with van der Waals surface area (Å²) in [5.41, 5.74) is 0.402. The molecular formula is C13H28N2. The SMILES string of the molecule is CCC1CCNC(CNCC(C)(C)C)C1. The number of piperidine rings is 1. The van der Waals surface area contributed by atoms with Crippen LogP contribution in [0.3, 0.4) is 0 Å². The van der Waals surface area contributed by atoms with Crippen molar-refractivity contribution in [3.8, 4) is 0 Å². The van der Waals surface area contributed by atoms with Crippen molar-refractivity contribution in [2.75, 3.05) is 19.6 Å². The molecule has 2 atom stereocenters. The van der Waals surface area contributed by atoms with Gasteiger partial charge in [-0.05, 0) is 30.7 Å². The summed E-state index contributed by atoms with van der Waals surface area (Å²) in [5.74, 6) is 0.952. The van der Waals surface area contributed by atoms with Gasteiger partial charge in [0.05, 0.1) is 0 Å². The van der Waals surface area contributed by atoms with Crippen LogP contribution in [0.5, 0.6) is 0 Å². The third kappa shape index (κ3) is 5.53. The molecule has 0 spiro atoms. The Hall–Kier alpha value is -0.0800. The first-order chi connectivity index (χ1) is 7.01. The van der Waals surface area contributed by atoms with E-state index in [0.717, 1.165) is 19.0 Å². The van der Waals surface area contributed by atoms with E-state index in [1.54, 1.807) is 0 Å². The Balaban J connectivity index is 2.15. The Kier molecular flexibility index (Phi) is 5.07. The van der Waals surface area contributed by atoms with E-state index in [1.807, 2.05) is 0 Å². The fourth-order valence-corrected chi connectivity index (χ4v) is 2.24. The molecule has 1 aliphatic rings. The smallest absolute Gasteiger partial charge is 0.0195 e. The van der Waals surface area contributed by atoms with E-state index < -0.39 is 0 Å². The summed E-state index contributed by atoms with van der Waals surface area (Å²) in [6, 6.07) is 0.700. The van der Waals surface area contributed by atoms with Crippen LogP contribution in [0.2, 0.25) is 0 Å². The summed E-state index contributed by atoms with van der Waals surface area (Å²) >= 11 is 0. The molecule has 0 aliphatic carbocycles. The number of nitrogens with one attached hydrogen (secondary N) is 2. The van der Waals surface area contributed by atoms with Crippen molar-refractivity contribution >= 4 is 0 Å². The van der Waals surface area contributed by atoms with Crippen LogP contribution >= 0.6 is 0 Å². The lowest BCUT2D eigenvalue weighted by molar-refractivity contribution is 0.277. The highest BCUT2D eigenvalue weighted by Gasteiger charge is 2.20. The van der Waals surface area contributed by atoms with Crippen LogP contribution in [0, 0.1) is 11.3 Å². The molecule has 0 aromatic carbocycles. The van der Waals surface area contributed by atoms with E-state index in [2.05, 4.69) is 38.3 Å². The number of hydrogen-bond donors (Lipinski definition) is 2. The minimum Gasteiger partial charge on any atom is -0.315 e. The van der Waals surface area contributed by atoms with Crippen molar-refractivity contribution in [2.45, 2.75) is 53.0 Å². The maximum absolute atomic E-state index is 3.61. The molecule has 2 nitrogen and oxygen atoms in total. The highest BCUT2D eigenvalue weighted by molar-refractivity contribution is 4.80. The molecule has 2 N–H and O–H groups in total. The minimum absolute atomic E-state index is 0.402. The molecule has 90 valence electrons. The lowest BCUT2D eigenvalue weighted by atomic mass is 9.90. The highest BCUT2D eigenvalue weighted by Crippen LogP contribution is 2.19. The van der Waals surface area contributed by atoms with E-state index in [9.17, 15) is 0 Å². The molecule has 1 rings (SSSR count). The number of rotatable bonds is 4. The summed E-state index contributed by atoms with van der Waals surface area (Å²) in [4.78, 5) is 0. The molecule has 0 radical (unpaired) electrons. The Morgan fingerprint density at radius 2 is 2.07 bits per heavy atom. The molecule has 0 aromatic rings. The van der Waals surface area contributed by atoms with E-state index in [4.69, 9.17) is 0 Å². The van der Waals surface area contributed by atoms with Gasteiger partial charge < -0.3 is 10.6 Å². The van der Waals surface area contributed by atoms with Crippen molar-refractivity contribution in [2.24, 2.45) is 11.3 Å². The molecule has 15 heavy (non-hydrogen) atoms. The Morgan fingerprint density at radius 1 is 1.33 bits per heavy atom. The van der Waals surface area contributed by atoms with Gasteiger partial charge in [-0.1, -0.05) is 34.1 Å². The van der Waals surface area contributed by atoms with Crippen LogP contribution in [0.15, 0.2) is 0 Å². The van der Waals surface area contributed by atoms with Crippen LogP contribution in [-0.4, -0.2) is 25.7 Å². The monoisotopic (exact) mass is 212 g/mol. The zero-order valence-corrected chi connectivity index (χ0v) is 10.9. The van der Waals surface area contributed by atoms with Crippen molar-refractivity contribution in [3.05, 3.63) is 0 Å². The first kappa shape index (κ1) is 13.0. The Morgan fingerprint density at radius 3 is 2.67 bits per heavy atom. The maximum atomic E-state index is 3.61. The predicted octanol–water partition coefficient (Wildman–Crippen LogP) is 2.40. The standard InChI is InChI=1S/C13H28N2/c1-5-11-6-7-15-12(8-11)9-14-10-13(2,3)4/h11-12,14-15H,5-10H2,1-4H3. The van der Waals surface area contributed by atoms with Crippen LogP contribution < -0.4 is 10.6 Å². The predicted molar refractivity (Wildman–Crippen MR) is 67.1 cm³/mol. The first-order valence-electron chi connectivity index (χ1n) is 6.45. The molecular weight excluding hydrogens is 184 g/mol. The first-order valence-corrected chi connectivity index (χ1v) is 6.45. The van der Waals surface area contributed by atoms with Crippen LogP contribution in [0.25, 0.3) is 0 Å². The van der Waals surface area contributed by atoms with E-state index in [0.29, 0.717) is 11.5 Å². The van der Waals surface area contributed by atoms with Gasteiger partial charge in [0.1, 0.15) is 0 Å². The molecule has 0 bridgehead atoms. The molecule has 0 saturated carbocycles. The second-order valence-corrected chi connectivity index (χ2v) is 6.14. The van der Waals surface area contributed by atoms with Gasteiger partial charge in [-0.25, -0.2) is 0 Å². The van der Waals surface area contributed by atoms with Crippen molar-refractivity contribution in [3.63, 3.8) is 0 Å². The van der Waals surface area contributed by atoms with Gasteiger partial charge in [-0.15, -0.1) is 0 Å². The zero-order valence-electron chi connectivity index (χ0n) is 10.9. The van der Waals surface area contributed by atoms with Crippen LogP contribution in [0.4, 0.5) is 0 Å². The lowest BCUT2D eigenvalue weighted by Crippen LogP contribution is -2.45. The summed E-state index contributed by atoms with van der Waals surface area (Å²) in [6.45, 7) is 12.6. The minimum atomic E-state index is 0.402. The van der Waals surface area contributed by atoms with Gasteiger partial charge in [0.25, 0.3) is 0 Å². The summed E-state index contributed by atoms with van der Waals surface area (Å²) in [5, 5.41) is 7.18. The summed E-state index contributed by atoms with van der Waals surface area (Å²) < 4.78 is 0. The van der Waals surface area contributed by atoms with Gasteiger partial charge >= 0.3 is 0 Å². The van der Waals surface area contributed by atoms with Gasteiger partial charge in [0.2, 0.25) is 0 Å². The normalized spacial score (nSPS) is 28.0. The summed E-state index contributed by atoms with van der Waals surface area (Å²) in [7, 11) is 0. The summed E-state index contributed by atoms with van der Waals surface area (Å²) in [6.07, 6.45) is 4.07. The van der Waals surface area contributed by atoms with E-state index in [-0.39, 0.29) is 0 Å². The lowest BCUT2D eigenvalue weighted by Gasteiger charge is -2.31. The quantitative estimate of drug-likeness (QED) is 0.748. The zero-order chi connectivity index (χ0) is 11.3. The second-order valence-electron chi connectivity index (χ2n) is 6.14. The third-order valence-corrected chi connectivity index (χ3v) is 3.23. The molecule has 2 heteroatoms. The van der Waals surface area contributed by atoms with Crippen molar-refractivity contribution in [1.29, 1.82) is 0 Å². The molecule has 1 aliphatic heterocycles. The second kappa shape index (κ2) is 5.86. The average Bonchev–Trinajstić information content (AvgIpc) is 2.16. The molecule has 1 fully saturated rings. The molecule has 0 amide bonds. The number of hydrogen-bond acceptors (Lipinski definition) is 2. The van der Waals surface area contributed by atoms with Gasteiger partial charge in [0, 0.05) is 19.1 Å². The molecule has 2 unspecified atom stereocenters. The average molecular weight is 212 g/mol. The highest BCUT2D eigenvalue weighted by atomic mass is 15.0. The van der Waals surface area contributed by atoms with E-state index in [1.165, 1.54) is 25.8 Å². The maximum Gasteiger partial charge on any atom is 0.0195 e. The van der Waals surface area contributed by atoms with Gasteiger partial charge in [-0.3, -0.25) is 0 Å². The molecule has 1 heterocycles. The molecule has 1 saturated heterocycles. The fraction of sp³-hybridized carbons (Fsp3) is 1.00. The Labute approximate surface area is 95.2 Å². The van der Waals surface area contributed by atoms with Crippen LogP contribution in [0.1, 0.15) is 47.0 Å².